The zero-order valence-electron chi connectivity index (χ0n) is 21.9. The fourth-order valence-corrected chi connectivity index (χ4v) is 4.81. The average molecular weight is 547 g/mol. The molecule has 0 spiro atoms. The van der Waals surface area contributed by atoms with Gasteiger partial charge in [0.1, 0.15) is 10.8 Å². The lowest BCUT2D eigenvalue weighted by atomic mass is 10.2. The molecular weight excluding hydrogens is 512 g/mol. The summed E-state index contributed by atoms with van der Waals surface area (Å²) in [5.41, 5.74) is 2.04. The molecule has 0 amide bonds. The molecule has 0 aliphatic rings. The molecule has 11 heteroatoms. The van der Waals surface area contributed by atoms with Gasteiger partial charge in [-0.2, -0.15) is 4.98 Å². The van der Waals surface area contributed by atoms with Gasteiger partial charge in [-0.1, -0.05) is 23.7 Å². The van der Waals surface area contributed by atoms with Crippen molar-refractivity contribution in [2.45, 2.75) is 37.3 Å². The summed E-state index contributed by atoms with van der Waals surface area (Å²) in [7, 11) is 0.593. The zero-order chi connectivity index (χ0) is 27.0. The van der Waals surface area contributed by atoms with Gasteiger partial charge in [-0.15, -0.1) is 0 Å². The Kier molecular flexibility index (Phi) is 9.96. The van der Waals surface area contributed by atoms with Crippen LogP contribution in [0.15, 0.2) is 53.6 Å². The van der Waals surface area contributed by atoms with Gasteiger partial charge in [-0.25, -0.2) is 13.4 Å². The monoisotopic (exact) mass is 546 g/mol. The van der Waals surface area contributed by atoms with Gasteiger partial charge in [0.05, 0.1) is 34.3 Å². The highest BCUT2D eigenvalue weighted by molar-refractivity contribution is 7.92. The lowest BCUT2D eigenvalue weighted by Crippen LogP contribution is -2.16. The summed E-state index contributed by atoms with van der Waals surface area (Å²) in [5.74, 6) is 1.22. The van der Waals surface area contributed by atoms with Crippen LogP contribution in [0.3, 0.4) is 0 Å². The second-order valence-corrected chi connectivity index (χ2v) is 11.8. The average Bonchev–Trinajstić information content (AvgIpc) is 2.85. The van der Waals surface area contributed by atoms with Crippen molar-refractivity contribution in [2.24, 2.45) is 0 Å². The van der Waals surface area contributed by atoms with Crippen LogP contribution >= 0.6 is 11.6 Å². The number of hydrogen-bond donors (Lipinski definition) is 3. The van der Waals surface area contributed by atoms with E-state index in [1.807, 2.05) is 25.1 Å². The van der Waals surface area contributed by atoms with Gasteiger partial charge in [0.15, 0.2) is 15.7 Å². The lowest BCUT2D eigenvalue weighted by Gasteiger charge is -2.16. The second-order valence-electron chi connectivity index (χ2n) is 8.96. The maximum absolute atomic E-state index is 12.8. The number of aromatic nitrogens is 2. The van der Waals surface area contributed by atoms with Crippen molar-refractivity contribution >= 4 is 50.3 Å². The van der Waals surface area contributed by atoms with Crippen molar-refractivity contribution in [3.8, 4) is 5.75 Å². The van der Waals surface area contributed by atoms with E-state index in [4.69, 9.17) is 16.3 Å². The Morgan fingerprint density at radius 3 is 2.54 bits per heavy atom. The van der Waals surface area contributed by atoms with E-state index >= 15 is 0 Å². The fraction of sp³-hybridized carbons (Fsp3) is 0.385. The van der Waals surface area contributed by atoms with Crippen molar-refractivity contribution in [3.63, 3.8) is 0 Å². The van der Waals surface area contributed by atoms with E-state index in [1.165, 1.54) is 6.20 Å². The van der Waals surface area contributed by atoms with E-state index < -0.39 is 15.1 Å². The quantitative estimate of drug-likeness (QED) is 0.237. The highest BCUT2D eigenvalue weighted by Crippen LogP contribution is 2.33. The summed E-state index contributed by atoms with van der Waals surface area (Å²) in [4.78, 5) is 11.1. The number of ether oxygens (including phenoxy) is 1. The number of nitrogens with zero attached hydrogens (tertiary/aromatic N) is 3. The molecule has 1 aromatic heterocycles. The third kappa shape index (κ3) is 7.70. The van der Waals surface area contributed by atoms with Gasteiger partial charge in [0.25, 0.3) is 0 Å². The first kappa shape index (κ1) is 28.5. The summed E-state index contributed by atoms with van der Waals surface area (Å²) < 4.78 is 31.5. The minimum atomic E-state index is -3.52. The van der Waals surface area contributed by atoms with Crippen LogP contribution in [0.1, 0.15) is 27.2 Å². The molecule has 0 unspecified atom stereocenters. The van der Waals surface area contributed by atoms with E-state index in [0.29, 0.717) is 23.7 Å². The molecule has 0 aliphatic carbocycles. The molecule has 0 saturated heterocycles. The minimum absolute atomic E-state index is 0.182. The molecule has 0 radical (unpaired) electrons. The number of halogens is 1. The molecule has 3 aromatic rings. The molecule has 37 heavy (non-hydrogen) atoms. The van der Waals surface area contributed by atoms with Crippen molar-refractivity contribution in [1.82, 2.24) is 14.9 Å². The summed E-state index contributed by atoms with van der Waals surface area (Å²) in [6.45, 7) is 7.56. The second kappa shape index (κ2) is 12.9. The summed E-state index contributed by atoms with van der Waals surface area (Å²) >= 11 is 6.36. The van der Waals surface area contributed by atoms with Crippen LogP contribution < -0.4 is 20.7 Å². The Balaban J connectivity index is 1.82. The van der Waals surface area contributed by atoms with Crippen molar-refractivity contribution in [3.05, 3.63) is 53.7 Å². The highest BCUT2D eigenvalue weighted by Gasteiger charge is 2.23. The van der Waals surface area contributed by atoms with Crippen LogP contribution in [0, 0.1) is 0 Å². The molecule has 0 bridgehead atoms. The Hall–Kier alpha value is -3.08. The first-order valence-corrected chi connectivity index (χ1v) is 14.1. The largest absolute Gasteiger partial charge is 0.492 e. The number of nitrogens with one attached hydrogen (secondary N) is 3. The Morgan fingerprint density at radius 2 is 1.84 bits per heavy atom. The minimum Gasteiger partial charge on any atom is -0.492 e. The maximum Gasteiger partial charge on any atom is 0.229 e. The SMILES string of the molecule is CCOc1cc(NCCCN(C)C)ccc1Nc1ncc(Cl)c(Nc2ccccc2S(=O)(=O)C(C)C)n1. The van der Waals surface area contributed by atoms with Crippen LogP contribution in [0.2, 0.25) is 5.02 Å². The third-order valence-corrected chi connectivity index (χ3v) is 7.94. The normalized spacial score (nSPS) is 11.6. The van der Waals surface area contributed by atoms with Crippen LogP contribution in [0.5, 0.6) is 5.75 Å². The number of hydrogen-bond acceptors (Lipinski definition) is 9. The molecule has 0 saturated carbocycles. The first-order chi connectivity index (χ1) is 17.6. The molecular formula is C26H35ClN6O3S. The maximum atomic E-state index is 12.8. The van der Waals surface area contributed by atoms with Gasteiger partial charge in [-0.05, 0) is 72.1 Å². The molecule has 200 valence electrons. The highest BCUT2D eigenvalue weighted by atomic mass is 35.5. The molecule has 2 aromatic carbocycles. The molecule has 0 aliphatic heterocycles. The predicted molar refractivity (Wildman–Crippen MR) is 152 cm³/mol. The zero-order valence-corrected chi connectivity index (χ0v) is 23.4. The number of rotatable bonds is 13. The number of benzene rings is 2. The Morgan fingerprint density at radius 1 is 1.08 bits per heavy atom. The smallest absolute Gasteiger partial charge is 0.229 e. The van der Waals surface area contributed by atoms with Crippen molar-refractivity contribution < 1.29 is 13.2 Å². The van der Waals surface area contributed by atoms with E-state index in [0.717, 1.165) is 25.2 Å². The molecule has 0 fully saturated rings. The molecule has 3 rings (SSSR count). The first-order valence-electron chi connectivity index (χ1n) is 12.2. The van der Waals surface area contributed by atoms with Gasteiger partial charge in [0.2, 0.25) is 5.95 Å². The van der Waals surface area contributed by atoms with E-state index in [2.05, 4.69) is 44.9 Å². The summed E-state index contributed by atoms with van der Waals surface area (Å²) in [5, 5.41) is 9.35. The molecule has 0 atom stereocenters. The van der Waals surface area contributed by atoms with Gasteiger partial charge >= 0.3 is 0 Å². The van der Waals surface area contributed by atoms with Gasteiger partial charge in [0, 0.05) is 18.3 Å². The topological polar surface area (TPSA) is 108 Å². The molecule has 3 N–H and O–H groups in total. The number of anilines is 5. The van der Waals surface area contributed by atoms with E-state index in [9.17, 15) is 8.42 Å². The van der Waals surface area contributed by atoms with Gasteiger partial charge < -0.3 is 25.6 Å². The van der Waals surface area contributed by atoms with Crippen LogP contribution in [-0.4, -0.2) is 62.3 Å². The predicted octanol–water partition coefficient (Wildman–Crippen LogP) is 5.56. The number of sulfone groups is 1. The Bertz CT molecular complexity index is 1300. The van der Waals surface area contributed by atoms with E-state index in [1.54, 1.807) is 38.1 Å². The van der Waals surface area contributed by atoms with Crippen molar-refractivity contribution in [2.75, 3.05) is 49.7 Å². The standard InChI is InChI=1S/C26H35ClN6O3S/c1-6-36-23-16-19(28-14-9-15-33(4)5)12-13-21(23)31-26-29-17-20(27)25(32-26)30-22-10-7-8-11-24(22)37(34,35)18(2)3/h7-8,10-13,16-18,28H,6,9,14-15H2,1-5H3,(H2,29,30,31,32). The summed E-state index contributed by atoms with van der Waals surface area (Å²) in [6, 6.07) is 12.5. The van der Waals surface area contributed by atoms with Crippen molar-refractivity contribution in [1.29, 1.82) is 0 Å². The summed E-state index contributed by atoms with van der Waals surface area (Å²) in [6.07, 6.45) is 2.48. The molecule has 1 heterocycles. The van der Waals surface area contributed by atoms with Crippen LogP contribution in [0.25, 0.3) is 0 Å². The number of para-hydroxylation sites is 1. The van der Waals surface area contributed by atoms with Crippen LogP contribution in [-0.2, 0) is 9.84 Å². The Labute approximate surface area is 224 Å². The van der Waals surface area contributed by atoms with Gasteiger partial charge in [-0.3, -0.25) is 0 Å². The van der Waals surface area contributed by atoms with E-state index in [-0.39, 0.29) is 21.7 Å². The molecule has 9 nitrogen and oxygen atoms in total. The lowest BCUT2D eigenvalue weighted by molar-refractivity contribution is 0.342. The fourth-order valence-electron chi connectivity index (χ4n) is 3.47. The van der Waals surface area contributed by atoms with Crippen LogP contribution in [0.4, 0.5) is 28.8 Å². The third-order valence-electron chi connectivity index (χ3n) is 5.45.